The Hall–Kier alpha value is -0.780. The number of carbonyl (C=O) groups excluding carboxylic acids is 2. The molecule has 1 heterocycles. The highest BCUT2D eigenvalue weighted by atomic mass is 79.9. The monoisotopic (exact) mass is 348 g/mol. The lowest BCUT2D eigenvalue weighted by Crippen LogP contribution is -2.53. The molecule has 20 heavy (non-hydrogen) atoms. The SMILES string of the molecule is CC(C)(C)OC(=O)N1CCC[C@H](NC(=O)C(C)(C)Br)C1. The molecule has 1 saturated heterocycles. The molecule has 6 heteroatoms. The van der Waals surface area contributed by atoms with Gasteiger partial charge in [0.2, 0.25) is 5.91 Å². The van der Waals surface area contributed by atoms with Gasteiger partial charge < -0.3 is 15.0 Å². The van der Waals surface area contributed by atoms with Gasteiger partial charge in [-0.1, -0.05) is 15.9 Å². The van der Waals surface area contributed by atoms with Gasteiger partial charge in [0.25, 0.3) is 0 Å². The van der Waals surface area contributed by atoms with E-state index in [-0.39, 0.29) is 18.0 Å². The highest BCUT2D eigenvalue weighted by molar-refractivity contribution is 9.10. The molecule has 0 aliphatic carbocycles. The summed E-state index contributed by atoms with van der Waals surface area (Å²) in [7, 11) is 0. The lowest BCUT2D eigenvalue weighted by Gasteiger charge is -2.35. The number of alkyl halides is 1. The largest absolute Gasteiger partial charge is 0.444 e. The van der Waals surface area contributed by atoms with Gasteiger partial charge in [0, 0.05) is 19.1 Å². The molecule has 0 saturated carbocycles. The van der Waals surface area contributed by atoms with Crippen molar-refractivity contribution in [1.82, 2.24) is 10.2 Å². The van der Waals surface area contributed by atoms with Gasteiger partial charge in [-0.3, -0.25) is 4.79 Å². The van der Waals surface area contributed by atoms with Crippen molar-refractivity contribution in [3.63, 3.8) is 0 Å². The quantitative estimate of drug-likeness (QED) is 0.780. The molecule has 1 N–H and O–H groups in total. The number of halogens is 1. The molecule has 1 rings (SSSR count). The van der Waals surface area contributed by atoms with E-state index in [1.807, 2.05) is 20.8 Å². The minimum atomic E-state index is -0.596. The zero-order valence-corrected chi connectivity index (χ0v) is 14.5. The summed E-state index contributed by atoms with van der Waals surface area (Å²) in [6.07, 6.45) is 1.44. The van der Waals surface area contributed by atoms with Crippen LogP contribution in [0, 0.1) is 0 Å². The highest BCUT2D eigenvalue weighted by Crippen LogP contribution is 2.19. The highest BCUT2D eigenvalue weighted by Gasteiger charge is 2.31. The molecular formula is C14H25BrN2O3. The maximum Gasteiger partial charge on any atom is 0.410 e. The maximum absolute atomic E-state index is 12.0. The van der Waals surface area contributed by atoms with Gasteiger partial charge in [0.15, 0.2) is 0 Å². The molecule has 116 valence electrons. The standard InChI is InChI=1S/C14H25BrN2O3/c1-13(2,3)20-12(19)17-8-6-7-10(9-17)16-11(18)14(4,5)15/h10H,6-9H2,1-5H3,(H,16,18)/t10-/m0/s1. The lowest BCUT2D eigenvalue weighted by molar-refractivity contribution is -0.123. The van der Waals surface area contributed by atoms with Crippen molar-refractivity contribution in [1.29, 1.82) is 0 Å². The summed E-state index contributed by atoms with van der Waals surface area (Å²) < 4.78 is 4.77. The molecule has 1 aliphatic rings. The number of rotatable bonds is 2. The number of ether oxygens (including phenoxy) is 1. The van der Waals surface area contributed by atoms with E-state index in [2.05, 4.69) is 21.2 Å². The maximum atomic E-state index is 12.0. The summed E-state index contributed by atoms with van der Waals surface area (Å²) in [6, 6.07) is -0.0133. The molecule has 1 aliphatic heterocycles. The third-order valence-electron chi connectivity index (χ3n) is 2.95. The number of hydrogen-bond acceptors (Lipinski definition) is 3. The fraction of sp³-hybridized carbons (Fsp3) is 0.857. The van der Waals surface area contributed by atoms with Crippen molar-refractivity contribution >= 4 is 27.9 Å². The number of piperidine rings is 1. The third-order valence-corrected chi connectivity index (χ3v) is 3.31. The van der Waals surface area contributed by atoms with Crippen LogP contribution in [0.1, 0.15) is 47.5 Å². The van der Waals surface area contributed by atoms with Crippen LogP contribution in [-0.2, 0) is 9.53 Å². The summed E-state index contributed by atoms with van der Waals surface area (Å²) >= 11 is 3.34. The van der Waals surface area contributed by atoms with Crippen LogP contribution in [0.15, 0.2) is 0 Å². The van der Waals surface area contributed by atoms with Gasteiger partial charge >= 0.3 is 6.09 Å². The first kappa shape index (κ1) is 17.3. The van der Waals surface area contributed by atoms with Crippen molar-refractivity contribution < 1.29 is 14.3 Å². The van der Waals surface area contributed by atoms with Crippen LogP contribution < -0.4 is 5.32 Å². The number of hydrogen-bond donors (Lipinski definition) is 1. The Morgan fingerprint density at radius 3 is 2.35 bits per heavy atom. The van der Waals surface area contributed by atoms with E-state index in [9.17, 15) is 9.59 Å². The molecule has 0 aromatic carbocycles. The molecule has 1 atom stereocenters. The Morgan fingerprint density at radius 2 is 1.85 bits per heavy atom. The third kappa shape index (κ3) is 5.69. The van der Waals surface area contributed by atoms with Crippen molar-refractivity contribution in [2.24, 2.45) is 0 Å². The van der Waals surface area contributed by atoms with Gasteiger partial charge in [-0.25, -0.2) is 4.79 Å². The molecule has 5 nitrogen and oxygen atoms in total. The fourth-order valence-corrected chi connectivity index (χ4v) is 2.06. The van der Waals surface area contributed by atoms with E-state index in [1.54, 1.807) is 18.7 Å². The molecular weight excluding hydrogens is 324 g/mol. The average molecular weight is 349 g/mol. The molecule has 0 spiro atoms. The van der Waals surface area contributed by atoms with E-state index in [1.165, 1.54) is 0 Å². The molecule has 1 fully saturated rings. The van der Waals surface area contributed by atoms with Crippen molar-refractivity contribution in [3.05, 3.63) is 0 Å². The first-order valence-electron chi connectivity index (χ1n) is 6.97. The Kier molecular flexibility index (Phi) is 5.46. The number of carbonyl (C=O) groups is 2. The topological polar surface area (TPSA) is 58.6 Å². The van der Waals surface area contributed by atoms with Crippen LogP contribution in [0.3, 0.4) is 0 Å². The van der Waals surface area contributed by atoms with E-state index in [0.29, 0.717) is 13.1 Å². The molecule has 0 aromatic rings. The van der Waals surface area contributed by atoms with E-state index in [0.717, 1.165) is 12.8 Å². The van der Waals surface area contributed by atoms with E-state index in [4.69, 9.17) is 4.74 Å². The van der Waals surface area contributed by atoms with Gasteiger partial charge in [-0.2, -0.15) is 0 Å². The van der Waals surface area contributed by atoms with Gasteiger partial charge in [-0.05, 0) is 47.5 Å². The predicted molar refractivity (Wildman–Crippen MR) is 82.0 cm³/mol. The zero-order chi connectivity index (χ0) is 15.6. The number of nitrogens with zero attached hydrogens (tertiary/aromatic N) is 1. The first-order chi connectivity index (χ1) is 8.99. The Labute approximate surface area is 129 Å². The zero-order valence-electron chi connectivity index (χ0n) is 13.0. The van der Waals surface area contributed by atoms with Crippen molar-refractivity contribution in [2.45, 2.75) is 63.4 Å². The minimum Gasteiger partial charge on any atom is -0.444 e. The van der Waals surface area contributed by atoms with E-state index >= 15 is 0 Å². The van der Waals surface area contributed by atoms with Gasteiger partial charge in [-0.15, -0.1) is 0 Å². The molecule has 0 bridgehead atoms. The smallest absolute Gasteiger partial charge is 0.410 e. The van der Waals surface area contributed by atoms with Crippen LogP contribution in [0.2, 0.25) is 0 Å². The summed E-state index contributed by atoms with van der Waals surface area (Å²) in [6.45, 7) is 10.3. The second kappa shape index (κ2) is 6.33. The van der Waals surface area contributed by atoms with Crippen molar-refractivity contribution in [3.8, 4) is 0 Å². The van der Waals surface area contributed by atoms with Crippen LogP contribution in [0.25, 0.3) is 0 Å². The minimum absolute atomic E-state index is 0.0133. The average Bonchev–Trinajstić information content (AvgIpc) is 2.25. The van der Waals surface area contributed by atoms with Gasteiger partial charge in [0.05, 0.1) is 4.32 Å². The summed E-state index contributed by atoms with van der Waals surface area (Å²) in [5, 5.41) is 2.97. The molecule has 0 radical (unpaired) electrons. The molecule has 0 unspecified atom stereocenters. The Morgan fingerprint density at radius 1 is 1.25 bits per heavy atom. The van der Waals surface area contributed by atoms with Crippen LogP contribution in [0.4, 0.5) is 4.79 Å². The summed E-state index contributed by atoms with van der Waals surface area (Å²) in [5.74, 6) is -0.0615. The lowest BCUT2D eigenvalue weighted by atomic mass is 10.0. The second-order valence-corrected chi connectivity index (χ2v) is 8.69. The summed E-state index contributed by atoms with van der Waals surface area (Å²) in [4.78, 5) is 25.6. The first-order valence-corrected chi connectivity index (χ1v) is 7.76. The normalized spacial score (nSPS) is 20.5. The van der Waals surface area contributed by atoms with E-state index < -0.39 is 9.93 Å². The van der Waals surface area contributed by atoms with Crippen LogP contribution in [0.5, 0.6) is 0 Å². The second-order valence-electron chi connectivity index (χ2n) is 6.71. The molecule has 2 amide bonds. The summed E-state index contributed by atoms with van der Waals surface area (Å²) in [5.41, 5.74) is -0.495. The fourth-order valence-electron chi connectivity index (χ4n) is 1.94. The number of likely N-dealkylation sites (tertiary alicyclic amines) is 1. The number of nitrogens with one attached hydrogen (secondary N) is 1. The van der Waals surface area contributed by atoms with Crippen LogP contribution in [-0.4, -0.2) is 46.0 Å². The Bertz CT molecular complexity index is 372. The molecule has 0 aromatic heterocycles. The Balaban J connectivity index is 2.55. The predicted octanol–water partition coefficient (Wildman–Crippen LogP) is 2.68. The number of amides is 2. The van der Waals surface area contributed by atoms with Crippen molar-refractivity contribution in [2.75, 3.05) is 13.1 Å². The van der Waals surface area contributed by atoms with Crippen LogP contribution >= 0.6 is 15.9 Å². The van der Waals surface area contributed by atoms with Gasteiger partial charge in [0.1, 0.15) is 5.60 Å².